The van der Waals surface area contributed by atoms with Gasteiger partial charge in [0.15, 0.2) is 3.95 Å². The first-order valence-electron chi connectivity index (χ1n) is 6.19. The third-order valence-corrected chi connectivity index (χ3v) is 6.15. The number of thiazole rings is 1. The number of hydrogen-bond donors (Lipinski definition) is 2. The largest absolute Gasteiger partial charge is 0.399 e. The van der Waals surface area contributed by atoms with Crippen LogP contribution in [0.2, 0.25) is 0 Å². The van der Waals surface area contributed by atoms with Gasteiger partial charge in [0, 0.05) is 27.1 Å². The number of hydrogen-bond acceptors (Lipinski definition) is 7. The zero-order valence-electron chi connectivity index (χ0n) is 11.7. The number of unbranched alkanes of at least 4 members (excludes halogenated alkanes) is 1. The molecule has 1 heterocycles. The fourth-order valence-corrected chi connectivity index (χ4v) is 4.43. The standard InChI is InChI=1S/C7H6N2S2.C4H8Cl2O4S2/c8-4-1-2-5-6(3-4)11-7(10)9-5;5-11(7,8)3-1-2-4-12(6,9)10/h1-3H,8H2,(H,9,10);1-4H2. The molecule has 0 unspecified atom stereocenters. The second-order valence-corrected chi connectivity index (χ2v) is 12.0. The Kier molecular flexibility index (Phi) is 7.75. The summed E-state index contributed by atoms with van der Waals surface area (Å²) in [5.41, 5.74) is 7.44. The van der Waals surface area contributed by atoms with Crippen molar-refractivity contribution in [2.24, 2.45) is 0 Å². The number of aromatic nitrogens is 1. The molecule has 0 radical (unpaired) electrons. The van der Waals surface area contributed by atoms with Crippen molar-refractivity contribution in [2.45, 2.75) is 12.8 Å². The SMILES string of the molecule is Nc1ccc2[nH]c(=S)sc2c1.O=S(=O)(Cl)CCCCS(=O)(=O)Cl. The van der Waals surface area contributed by atoms with Gasteiger partial charge in [-0.1, -0.05) is 0 Å². The Morgan fingerprint density at radius 2 is 1.61 bits per heavy atom. The highest BCUT2D eigenvalue weighted by Crippen LogP contribution is 2.21. The van der Waals surface area contributed by atoms with Crippen LogP contribution in [0, 0.1) is 3.95 Å². The number of rotatable bonds is 5. The Morgan fingerprint density at radius 3 is 2.09 bits per heavy atom. The predicted octanol–water partition coefficient (Wildman–Crippen LogP) is 3.44. The monoisotopic (exact) mass is 436 g/mol. The summed E-state index contributed by atoms with van der Waals surface area (Å²) < 4.78 is 43.3. The second-order valence-electron chi connectivity index (χ2n) is 4.46. The summed E-state index contributed by atoms with van der Waals surface area (Å²) in [4.78, 5) is 3.06. The average Bonchev–Trinajstić information content (AvgIpc) is 2.72. The van der Waals surface area contributed by atoms with E-state index < -0.39 is 18.1 Å². The number of H-pyrrole nitrogens is 1. The lowest BCUT2D eigenvalue weighted by molar-refractivity contribution is 0.599. The van der Waals surface area contributed by atoms with Gasteiger partial charge in [0.05, 0.1) is 21.7 Å². The number of nitrogen functional groups attached to an aromatic ring is 1. The lowest BCUT2D eigenvalue weighted by Crippen LogP contribution is -2.02. The Labute approximate surface area is 152 Å². The van der Waals surface area contributed by atoms with Gasteiger partial charge in [0.25, 0.3) is 0 Å². The number of benzene rings is 1. The van der Waals surface area contributed by atoms with Crippen LogP contribution in [0.4, 0.5) is 5.69 Å². The quantitative estimate of drug-likeness (QED) is 0.321. The summed E-state index contributed by atoms with van der Waals surface area (Å²) in [6.45, 7) is 0. The van der Waals surface area contributed by atoms with Gasteiger partial charge >= 0.3 is 0 Å². The maximum absolute atomic E-state index is 10.3. The minimum atomic E-state index is -3.51. The normalized spacial score (nSPS) is 11.9. The van der Waals surface area contributed by atoms with E-state index in [1.165, 1.54) is 0 Å². The van der Waals surface area contributed by atoms with E-state index in [9.17, 15) is 16.8 Å². The molecule has 0 atom stereocenters. The van der Waals surface area contributed by atoms with Gasteiger partial charge in [-0.2, -0.15) is 0 Å². The number of anilines is 1. The zero-order chi connectivity index (χ0) is 17.7. The Hall–Kier alpha value is -0.390. The molecule has 130 valence electrons. The molecule has 1 aromatic carbocycles. The molecule has 0 spiro atoms. The summed E-state index contributed by atoms with van der Waals surface area (Å²) in [6, 6.07) is 5.73. The Balaban J connectivity index is 0.000000230. The van der Waals surface area contributed by atoms with Crippen LogP contribution in [0.1, 0.15) is 12.8 Å². The van der Waals surface area contributed by atoms with Crippen LogP contribution in [-0.2, 0) is 18.1 Å². The van der Waals surface area contributed by atoms with E-state index in [0.717, 1.165) is 19.9 Å². The molecule has 23 heavy (non-hydrogen) atoms. The first-order valence-corrected chi connectivity index (χ1v) is 12.4. The molecule has 3 N–H and O–H groups in total. The van der Waals surface area contributed by atoms with Crippen molar-refractivity contribution in [1.82, 2.24) is 4.98 Å². The topological polar surface area (TPSA) is 110 Å². The molecule has 0 saturated carbocycles. The molecule has 0 aliphatic carbocycles. The highest BCUT2D eigenvalue weighted by molar-refractivity contribution is 8.14. The third kappa shape index (κ3) is 9.48. The van der Waals surface area contributed by atoms with Crippen LogP contribution in [-0.4, -0.2) is 33.3 Å². The van der Waals surface area contributed by atoms with E-state index in [1.807, 2.05) is 18.2 Å². The van der Waals surface area contributed by atoms with Crippen LogP contribution in [0.25, 0.3) is 10.2 Å². The van der Waals surface area contributed by atoms with Gasteiger partial charge in [-0.3, -0.25) is 0 Å². The van der Waals surface area contributed by atoms with Gasteiger partial charge in [-0.15, -0.1) is 11.3 Å². The molecule has 0 aliphatic heterocycles. The molecule has 12 heteroatoms. The summed E-state index contributed by atoms with van der Waals surface area (Å²) in [6.07, 6.45) is 0.412. The smallest absolute Gasteiger partial charge is 0.232 e. The van der Waals surface area contributed by atoms with Crippen LogP contribution in [0.3, 0.4) is 0 Å². The molecule has 0 fully saturated rings. The van der Waals surface area contributed by atoms with Crippen molar-refractivity contribution < 1.29 is 16.8 Å². The van der Waals surface area contributed by atoms with Gasteiger partial charge in [-0.05, 0) is 43.3 Å². The molecular weight excluding hydrogens is 423 g/mol. The molecule has 1 aromatic heterocycles. The van der Waals surface area contributed by atoms with Crippen molar-refractivity contribution in [3.63, 3.8) is 0 Å². The van der Waals surface area contributed by atoms with E-state index in [1.54, 1.807) is 11.3 Å². The second kappa shape index (κ2) is 8.63. The maximum atomic E-state index is 10.3. The molecule has 2 aromatic rings. The highest BCUT2D eigenvalue weighted by Gasteiger charge is 2.08. The van der Waals surface area contributed by atoms with Crippen molar-refractivity contribution in [3.8, 4) is 0 Å². The van der Waals surface area contributed by atoms with Crippen molar-refractivity contribution in [1.29, 1.82) is 0 Å². The zero-order valence-corrected chi connectivity index (χ0v) is 16.4. The lowest BCUT2D eigenvalue weighted by Gasteiger charge is -1.95. The Bertz CT molecular complexity index is 885. The van der Waals surface area contributed by atoms with Crippen LogP contribution in [0.5, 0.6) is 0 Å². The fraction of sp³-hybridized carbons (Fsp3) is 0.364. The van der Waals surface area contributed by atoms with Gasteiger partial charge in [0.1, 0.15) is 0 Å². The van der Waals surface area contributed by atoms with E-state index in [4.69, 9.17) is 39.3 Å². The number of nitrogens with one attached hydrogen (secondary N) is 1. The summed E-state index contributed by atoms with van der Waals surface area (Å²) in [5.74, 6) is -0.443. The van der Waals surface area contributed by atoms with Gasteiger partial charge in [-0.25, -0.2) is 16.8 Å². The molecule has 0 saturated heterocycles. The van der Waals surface area contributed by atoms with Crippen molar-refractivity contribution in [2.75, 3.05) is 17.2 Å². The number of fused-ring (bicyclic) bond motifs is 1. The molecule has 0 aliphatic rings. The summed E-state index contributed by atoms with van der Waals surface area (Å²) >= 11 is 6.52. The van der Waals surface area contributed by atoms with E-state index >= 15 is 0 Å². The van der Waals surface area contributed by atoms with Crippen LogP contribution >= 0.6 is 44.9 Å². The minimum absolute atomic E-state index is 0.206. The third-order valence-electron chi connectivity index (χ3n) is 2.47. The Morgan fingerprint density at radius 1 is 1.09 bits per heavy atom. The summed E-state index contributed by atoms with van der Waals surface area (Å²) in [5, 5.41) is 0. The van der Waals surface area contributed by atoms with Crippen LogP contribution < -0.4 is 5.73 Å². The maximum Gasteiger partial charge on any atom is 0.232 e. The van der Waals surface area contributed by atoms with Crippen molar-refractivity contribution >= 4 is 78.9 Å². The van der Waals surface area contributed by atoms with Crippen molar-refractivity contribution in [3.05, 3.63) is 22.2 Å². The van der Waals surface area contributed by atoms with E-state index in [2.05, 4.69) is 4.98 Å². The summed E-state index contributed by atoms with van der Waals surface area (Å²) in [7, 11) is 2.73. The molecular formula is C11H14Cl2N2O4S4. The highest BCUT2D eigenvalue weighted by atomic mass is 35.7. The molecule has 6 nitrogen and oxygen atoms in total. The predicted molar refractivity (Wildman–Crippen MR) is 99.9 cm³/mol. The van der Waals surface area contributed by atoms with Gasteiger partial charge < -0.3 is 10.7 Å². The number of nitrogens with two attached hydrogens (primary N) is 1. The first kappa shape index (κ1) is 20.7. The van der Waals surface area contributed by atoms with E-state index in [0.29, 0.717) is 0 Å². The minimum Gasteiger partial charge on any atom is -0.399 e. The lowest BCUT2D eigenvalue weighted by atomic mass is 10.3. The molecule has 0 amide bonds. The van der Waals surface area contributed by atoms with Crippen LogP contribution in [0.15, 0.2) is 18.2 Å². The molecule has 0 bridgehead atoms. The molecule has 2 rings (SSSR count). The van der Waals surface area contributed by atoms with Gasteiger partial charge in [0.2, 0.25) is 18.1 Å². The number of halogens is 2. The first-order chi connectivity index (χ1) is 10.5. The number of aromatic amines is 1. The average molecular weight is 437 g/mol. The van der Waals surface area contributed by atoms with E-state index in [-0.39, 0.29) is 24.3 Å². The fourth-order valence-electron chi connectivity index (χ4n) is 1.51.